The smallest absolute Gasteiger partial charge is 0.0872 e. The Labute approximate surface area is 198 Å². The number of ether oxygens (including phenoxy) is 1. The first-order valence-corrected chi connectivity index (χ1v) is 12.8. The fourth-order valence-electron chi connectivity index (χ4n) is 7.54. The van der Waals surface area contributed by atoms with Crippen molar-refractivity contribution in [1.29, 1.82) is 0 Å². The van der Waals surface area contributed by atoms with E-state index in [0.29, 0.717) is 23.7 Å². The van der Waals surface area contributed by atoms with E-state index in [1.807, 2.05) is 0 Å². The van der Waals surface area contributed by atoms with Gasteiger partial charge in [-0.3, -0.25) is 0 Å². The van der Waals surface area contributed by atoms with Crippen LogP contribution in [0, 0.1) is 11.8 Å². The van der Waals surface area contributed by atoms with Gasteiger partial charge in [0.2, 0.25) is 0 Å². The standard InChI is InChI=1S/C28H20Br2O/c29-23-11-21-22(12-24(23)30)28-20-10-18-17(9-19(20)27(21)31-28)25-13-5-1-2-6-14(13)26(18)16-8-4-3-7-15(16)25/h1-8,11-12,19-20,25-28H,9-10H2. The van der Waals surface area contributed by atoms with Crippen molar-refractivity contribution in [2.45, 2.75) is 36.9 Å². The molecule has 2 heterocycles. The average Bonchev–Trinajstić information content (AvgIpc) is 3.34. The van der Waals surface area contributed by atoms with Gasteiger partial charge in [-0.15, -0.1) is 0 Å². The summed E-state index contributed by atoms with van der Waals surface area (Å²) in [6, 6.07) is 23.0. The number of allylic oxidation sites excluding steroid dienone is 2. The van der Waals surface area contributed by atoms with E-state index in [2.05, 4.69) is 92.5 Å². The highest BCUT2D eigenvalue weighted by Gasteiger charge is 2.57. The maximum Gasteiger partial charge on any atom is 0.0872 e. The molecule has 4 atom stereocenters. The van der Waals surface area contributed by atoms with Gasteiger partial charge in [-0.2, -0.15) is 0 Å². The summed E-state index contributed by atoms with van der Waals surface area (Å²) in [7, 11) is 0. The fourth-order valence-corrected chi connectivity index (χ4v) is 8.26. The predicted molar refractivity (Wildman–Crippen MR) is 128 cm³/mol. The summed E-state index contributed by atoms with van der Waals surface area (Å²) < 4.78 is 8.95. The van der Waals surface area contributed by atoms with Crippen molar-refractivity contribution >= 4 is 31.9 Å². The highest BCUT2D eigenvalue weighted by atomic mass is 79.9. The SMILES string of the molecule is Brc1cc2c(cc1Br)C1OC2C2CC3=C(CC12)C1c2ccccc2C3c2ccccc21. The van der Waals surface area contributed by atoms with Gasteiger partial charge in [-0.1, -0.05) is 59.7 Å². The molecule has 9 rings (SSSR count). The zero-order valence-electron chi connectivity index (χ0n) is 16.8. The molecule has 0 spiro atoms. The molecule has 3 heteroatoms. The Kier molecular flexibility index (Phi) is 3.45. The van der Waals surface area contributed by atoms with Gasteiger partial charge in [0.05, 0.1) is 12.2 Å². The lowest BCUT2D eigenvalue weighted by Gasteiger charge is -2.49. The van der Waals surface area contributed by atoms with E-state index in [4.69, 9.17) is 4.74 Å². The van der Waals surface area contributed by atoms with Crippen LogP contribution in [0.5, 0.6) is 0 Å². The quantitative estimate of drug-likeness (QED) is 0.267. The van der Waals surface area contributed by atoms with E-state index in [-0.39, 0.29) is 12.2 Å². The minimum absolute atomic E-state index is 0.245. The molecule has 6 aliphatic rings. The van der Waals surface area contributed by atoms with Crippen LogP contribution in [0.2, 0.25) is 0 Å². The molecule has 4 bridgehead atoms. The van der Waals surface area contributed by atoms with Gasteiger partial charge < -0.3 is 4.74 Å². The third kappa shape index (κ3) is 2.11. The van der Waals surface area contributed by atoms with Crippen LogP contribution in [-0.2, 0) is 4.74 Å². The van der Waals surface area contributed by atoms with Crippen molar-refractivity contribution in [3.63, 3.8) is 0 Å². The Morgan fingerprint density at radius 3 is 1.35 bits per heavy atom. The summed E-state index contributed by atoms with van der Waals surface area (Å²) in [6.45, 7) is 0. The summed E-state index contributed by atoms with van der Waals surface area (Å²) in [5.41, 5.74) is 12.4. The van der Waals surface area contributed by atoms with Crippen molar-refractivity contribution in [3.8, 4) is 0 Å². The van der Waals surface area contributed by atoms with Gasteiger partial charge in [0.25, 0.3) is 0 Å². The van der Waals surface area contributed by atoms with Gasteiger partial charge >= 0.3 is 0 Å². The lowest BCUT2D eigenvalue weighted by Crippen LogP contribution is -2.36. The number of halogens is 2. The van der Waals surface area contributed by atoms with Gasteiger partial charge in [0, 0.05) is 20.8 Å². The summed E-state index contributed by atoms with van der Waals surface area (Å²) in [5.74, 6) is 2.07. The van der Waals surface area contributed by atoms with E-state index in [1.165, 1.54) is 24.0 Å². The molecular weight excluding hydrogens is 512 g/mol. The average molecular weight is 532 g/mol. The van der Waals surface area contributed by atoms with Crippen molar-refractivity contribution in [2.24, 2.45) is 11.8 Å². The van der Waals surface area contributed by atoms with Crippen LogP contribution in [0.3, 0.4) is 0 Å². The van der Waals surface area contributed by atoms with Crippen LogP contribution in [0.1, 0.15) is 70.3 Å². The summed E-state index contributed by atoms with van der Waals surface area (Å²) in [4.78, 5) is 0. The summed E-state index contributed by atoms with van der Waals surface area (Å²) in [6.07, 6.45) is 2.85. The Hall–Kier alpha value is -1.68. The van der Waals surface area contributed by atoms with Crippen molar-refractivity contribution in [2.75, 3.05) is 0 Å². The third-order valence-corrected chi connectivity index (χ3v) is 10.5. The Balaban J connectivity index is 1.29. The summed E-state index contributed by atoms with van der Waals surface area (Å²) >= 11 is 7.43. The highest BCUT2D eigenvalue weighted by Crippen LogP contribution is 2.68. The number of rotatable bonds is 0. The predicted octanol–water partition coefficient (Wildman–Crippen LogP) is 7.95. The first-order chi connectivity index (χ1) is 15.2. The van der Waals surface area contributed by atoms with E-state index in [1.54, 1.807) is 33.4 Å². The molecule has 0 saturated carbocycles. The third-order valence-electron chi connectivity index (χ3n) is 8.62. The van der Waals surface area contributed by atoms with Crippen LogP contribution < -0.4 is 0 Å². The molecule has 4 aliphatic carbocycles. The van der Waals surface area contributed by atoms with Crippen molar-refractivity contribution < 1.29 is 4.74 Å². The minimum atomic E-state index is 0.245. The van der Waals surface area contributed by atoms with E-state index >= 15 is 0 Å². The van der Waals surface area contributed by atoms with Crippen LogP contribution in [0.25, 0.3) is 0 Å². The Morgan fingerprint density at radius 2 is 0.968 bits per heavy atom. The topological polar surface area (TPSA) is 9.23 Å². The van der Waals surface area contributed by atoms with Crippen molar-refractivity contribution in [3.05, 3.63) is 114 Å². The minimum Gasteiger partial charge on any atom is -0.365 e. The molecule has 0 aromatic heterocycles. The molecule has 3 aromatic rings. The first kappa shape index (κ1) is 17.8. The van der Waals surface area contributed by atoms with Gasteiger partial charge in [-0.25, -0.2) is 0 Å². The van der Waals surface area contributed by atoms with Crippen molar-refractivity contribution in [1.82, 2.24) is 0 Å². The fraction of sp³-hybridized carbons (Fsp3) is 0.286. The molecule has 4 unspecified atom stereocenters. The van der Waals surface area contributed by atoms with E-state index in [0.717, 1.165) is 8.95 Å². The Morgan fingerprint density at radius 1 is 0.581 bits per heavy atom. The molecule has 3 aromatic carbocycles. The maximum atomic E-state index is 6.68. The zero-order valence-corrected chi connectivity index (χ0v) is 20.0. The molecule has 0 N–H and O–H groups in total. The molecule has 1 fully saturated rings. The first-order valence-electron chi connectivity index (χ1n) is 11.2. The number of fused-ring (bicyclic) bond motifs is 8. The molecule has 152 valence electrons. The monoisotopic (exact) mass is 530 g/mol. The van der Waals surface area contributed by atoms with E-state index < -0.39 is 0 Å². The van der Waals surface area contributed by atoms with Crippen LogP contribution in [-0.4, -0.2) is 0 Å². The second-order valence-electron chi connectivity index (χ2n) is 9.78. The molecule has 1 nitrogen and oxygen atoms in total. The molecule has 0 amide bonds. The lowest BCUT2D eigenvalue weighted by molar-refractivity contribution is 0.0545. The largest absolute Gasteiger partial charge is 0.365 e. The highest BCUT2D eigenvalue weighted by molar-refractivity contribution is 9.13. The number of benzene rings is 3. The van der Waals surface area contributed by atoms with Gasteiger partial charge in [0.1, 0.15) is 0 Å². The normalized spacial score (nSPS) is 33.0. The second kappa shape index (κ2) is 6.01. The molecule has 2 aliphatic heterocycles. The second-order valence-corrected chi connectivity index (χ2v) is 11.5. The lowest BCUT2D eigenvalue weighted by atomic mass is 9.54. The number of hydrogen-bond acceptors (Lipinski definition) is 1. The van der Waals surface area contributed by atoms with Crippen LogP contribution in [0.15, 0.2) is 80.8 Å². The zero-order chi connectivity index (χ0) is 20.4. The summed E-state index contributed by atoms with van der Waals surface area (Å²) in [5, 5.41) is 0. The van der Waals surface area contributed by atoms with Gasteiger partial charge in [-0.05, 0) is 102 Å². The van der Waals surface area contributed by atoms with Crippen LogP contribution >= 0.6 is 31.9 Å². The van der Waals surface area contributed by atoms with Gasteiger partial charge in [0.15, 0.2) is 0 Å². The van der Waals surface area contributed by atoms with E-state index in [9.17, 15) is 0 Å². The Bertz CT molecular complexity index is 1190. The maximum absolute atomic E-state index is 6.68. The number of hydrogen-bond donors (Lipinski definition) is 0. The molecule has 1 saturated heterocycles. The molecule has 0 radical (unpaired) electrons. The molecule has 31 heavy (non-hydrogen) atoms. The van der Waals surface area contributed by atoms with Crippen LogP contribution in [0.4, 0.5) is 0 Å². The molecular formula is C28H20Br2O.